The van der Waals surface area contributed by atoms with Gasteiger partial charge < -0.3 is 9.73 Å². The van der Waals surface area contributed by atoms with E-state index in [-0.39, 0.29) is 5.82 Å². The molecule has 2 rings (SSSR count). The van der Waals surface area contributed by atoms with Crippen LogP contribution in [0.15, 0.2) is 46.4 Å². The molecule has 1 heterocycles. The maximum atomic E-state index is 12.9. The molecule has 0 amide bonds. The van der Waals surface area contributed by atoms with Crippen molar-refractivity contribution in [1.82, 2.24) is 5.32 Å². The highest BCUT2D eigenvalue weighted by molar-refractivity contribution is 5.60. The van der Waals surface area contributed by atoms with Crippen LogP contribution in [0.25, 0.3) is 17.4 Å². The number of halogens is 1. The van der Waals surface area contributed by atoms with E-state index in [1.54, 1.807) is 12.1 Å². The van der Waals surface area contributed by atoms with Crippen LogP contribution in [-0.2, 0) is 0 Å². The first kappa shape index (κ1) is 14.5. The fourth-order valence-corrected chi connectivity index (χ4v) is 1.86. The van der Waals surface area contributed by atoms with Gasteiger partial charge in [-0.2, -0.15) is 0 Å². The lowest BCUT2D eigenvalue weighted by Gasteiger charge is -2.07. The van der Waals surface area contributed by atoms with E-state index in [1.165, 1.54) is 17.7 Å². The van der Waals surface area contributed by atoms with Gasteiger partial charge in [-0.05, 0) is 49.4 Å². The van der Waals surface area contributed by atoms with Gasteiger partial charge in [0.1, 0.15) is 17.3 Å². The van der Waals surface area contributed by atoms with Crippen molar-refractivity contribution in [2.24, 2.45) is 0 Å². The second kappa shape index (κ2) is 6.53. The predicted octanol–water partition coefficient (Wildman–Crippen LogP) is 4.49. The molecule has 3 heteroatoms. The molecule has 0 saturated carbocycles. The molecule has 2 nitrogen and oxygen atoms in total. The minimum Gasteiger partial charge on any atom is -0.457 e. The predicted molar refractivity (Wildman–Crippen MR) is 80.9 cm³/mol. The quantitative estimate of drug-likeness (QED) is 0.868. The lowest BCUT2D eigenvalue weighted by molar-refractivity contribution is 0.569. The third-order valence-electron chi connectivity index (χ3n) is 2.93. The van der Waals surface area contributed by atoms with Gasteiger partial charge in [-0.3, -0.25) is 0 Å². The summed E-state index contributed by atoms with van der Waals surface area (Å²) in [4.78, 5) is 0. The minimum atomic E-state index is -0.240. The molecule has 106 valence electrons. The summed E-state index contributed by atoms with van der Waals surface area (Å²) in [7, 11) is 0. The summed E-state index contributed by atoms with van der Waals surface area (Å²) in [5.74, 6) is 1.32. The van der Waals surface area contributed by atoms with Crippen molar-refractivity contribution in [3.05, 3.63) is 53.5 Å². The smallest absolute Gasteiger partial charge is 0.134 e. The molecule has 0 aliphatic heterocycles. The van der Waals surface area contributed by atoms with Crippen LogP contribution < -0.4 is 5.32 Å². The number of nitrogens with one attached hydrogen (secondary N) is 1. The van der Waals surface area contributed by atoms with Crippen molar-refractivity contribution in [1.29, 1.82) is 0 Å². The van der Waals surface area contributed by atoms with Crippen LogP contribution in [0.4, 0.5) is 4.39 Å². The van der Waals surface area contributed by atoms with Crippen LogP contribution in [0.5, 0.6) is 0 Å². The van der Waals surface area contributed by atoms with Crippen LogP contribution >= 0.6 is 0 Å². The first-order valence-electron chi connectivity index (χ1n) is 6.81. The first-order chi connectivity index (χ1) is 9.54. The van der Waals surface area contributed by atoms with Crippen LogP contribution in [0.3, 0.4) is 0 Å². The van der Waals surface area contributed by atoms with Gasteiger partial charge in [0.2, 0.25) is 0 Å². The van der Waals surface area contributed by atoms with Gasteiger partial charge in [-0.1, -0.05) is 19.4 Å². The van der Waals surface area contributed by atoms with E-state index in [2.05, 4.69) is 26.1 Å². The molecule has 1 aromatic heterocycles. The average Bonchev–Trinajstić information content (AvgIpc) is 2.85. The molecular formula is C17H20FNO. The largest absolute Gasteiger partial charge is 0.457 e. The Morgan fingerprint density at radius 3 is 2.55 bits per heavy atom. The molecule has 0 saturated heterocycles. The van der Waals surface area contributed by atoms with E-state index >= 15 is 0 Å². The van der Waals surface area contributed by atoms with Gasteiger partial charge in [0.05, 0.1) is 0 Å². The third kappa shape index (κ3) is 4.07. The Labute approximate surface area is 119 Å². The molecular weight excluding hydrogens is 253 g/mol. The zero-order valence-corrected chi connectivity index (χ0v) is 12.1. The summed E-state index contributed by atoms with van der Waals surface area (Å²) < 4.78 is 18.6. The highest BCUT2D eigenvalue weighted by Crippen LogP contribution is 2.23. The van der Waals surface area contributed by atoms with E-state index in [0.717, 1.165) is 23.6 Å². The molecule has 1 N–H and O–H groups in total. The Morgan fingerprint density at radius 1 is 1.20 bits per heavy atom. The lowest BCUT2D eigenvalue weighted by Crippen LogP contribution is -2.24. The highest BCUT2D eigenvalue weighted by atomic mass is 19.1. The van der Waals surface area contributed by atoms with Crippen molar-refractivity contribution >= 4 is 6.08 Å². The van der Waals surface area contributed by atoms with Crippen molar-refractivity contribution < 1.29 is 8.81 Å². The molecule has 0 aliphatic rings. The minimum absolute atomic E-state index is 0.240. The Hall–Kier alpha value is -1.87. The number of hydrogen-bond acceptors (Lipinski definition) is 2. The Bertz CT molecular complexity index is 581. The lowest BCUT2D eigenvalue weighted by atomic mass is 10.2. The van der Waals surface area contributed by atoms with Crippen molar-refractivity contribution in [3.8, 4) is 11.3 Å². The normalized spacial score (nSPS) is 12.2. The molecule has 0 radical (unpaired) electrons. The molecule has 0 fully saturated rings. The highest BCUT2D eigenvalue weighted by Gasteiger charge is 2.04. The van der Waals surface area contributed by atoms with Crippen LogP contribution in [0, 0.1) is 5.82 Å². The molecule has 20 heavy (non-hydrogen) atoms. The fraction of sp³-hybridized carbons (Fsp3) is 0.294. The van der Waals surface area contributed by atoms with Gasteiger partial charge in [-0.25, -0.2) is 4.39 Å². The van der Waals surface area contributed by atoms with Gasteiger partial charge in [0.25, 0.3) is 0 Å². The van der Waals surface area contributed by atoms with E-state index in [1.807, 2.05) is 18.2 Å². The number of benzene rings is 1. The number of hydrogen-bond donors (Lipinski definition) is 1. The molecule has 0 spiro atoms. The summed E-state index contributed by atoms with van der Waals surface area (Å²) in [6.45, 7) is 7.14. The van der Waals surface area contributed by atoms with Crippen LogP contribution in [0.1, 0.15) is 26.5 Å². The zero-order chi connectivity index (χ0) is 14.5. The standard InChI is InChI=1S/C17H20FNO/c1-12(2)19-11-13(3)10-16-8-9-17(20-16)14-4-6-15(18)7-5-14/h4-10,12,19H,11H2,1-3H3. The van der Waals surface area contributed by atoms with E-state index in [9.17, 15) is 4.39 Å². The second-order valence-corrected chi connectivity index (χ2v) is 5.24. The van der Waals surface area contributed by atoms with Crippen LogP contribution in [-0.4, -0.2) is 12.6 Å². The van der Waals surface area contributed by atoms with E-state index < -0.39 is 0 Å². The second-order valence-electron chi connectivity index (χ2n) is 5.24. The zero-order valence-electron chi connectivity index (χ0n) is 12.1. The molecule has 0 aliphatic carbocycles. The summed E-state index contributed by atoms with van der Waals surface area (Å²) in [6.07, 6.45) is 2.02. The molecule has 0 atom stereocenters. The third-order valence-corrected chi connectivity index (χ3v) is 2.93. The van der Waals surface area contributed by atoms with Crippen molar-refractivity contribution in [2.75, 3.05) is 6.54 Å². The summed E-state index contributed by atoms with van der Waals surface area (Å²) in [5.41, 5.74) is 2.09. The monoisotopic (exact) mass is 273 g/mol. The molecule has 2 aromatic rings. The van der Waals surface area contributed by atoms with Crippen molar-refractivity contribution in [2.45, 2.75) is 26.8 Å². The number of furan rings is 1. The Morgan fingerprint density at radius 2 is 1.90 bits per heavy atom. The maximum Gasteiger partial charge on any atom is 0.134 e. The SMILES string of the molecule is CC(=Cc1ccc(-c2ccc(F)cc2)o1)CNC(C)C. The number of rotatable bonds is 5. The topological polar surface area (TPSA) is 25.2 Å². The Balaban J connectivity index is 2.09. The van der Waals surface area contributed by atoms with E-state index in [0.29, 0.717) is 6.04 Å². The summed E-state index contributed by atoms with van der Waals surface area (Å²) >= 11 is 0. The summed E-state index contributed by atoms with van der Waals surface area (Å²) in [5, 5.41) is 3.36. The maximum absolute atomic E-state index is 12.9. The first-order valence-corrected chi connectivity index (χ1v) is 6.81. The molecule has 0 unspecified atom stereocenters. The van der Waals surface area contributed by atoms with Gasteiger partial charge in [0, 0.05) is 18.2 Å². The molecule has 1 aromatic carbocycles. The van der Waals surface area contributed by atoms with Gasteiger partial charge in [-0.15, -0.1) is 0 Å². The summed E-state index contributed by atoms with van der Waals surface area (Å²) in [6, 6.07) is 10.6. The van der Waals surface area contributed by atoms with Gasteiger partial charge in [0.15, 0.2) is 0 Å². The van der Waals surface area contributed by atoms with Gasteiger partial charge >= 0.3 is 0 Å². The molecule has 0 bridgehead atoms. The average molecular weight is 273 g/mol. The Kier molecular flexibility index (Phi) is 4.74. The van der Waals surface area contributed by atoms with Crippen molar-refractivity contribution in [3.63, 3.8) is 0 Å². The van der Waals surface area contributed by atoms with Crippen LogP contribution in [0.2, 0.25) is 0 Å². The fourth-order valence-electron chi connectivity index (χ4n) is 1.86. The van der Waals surface area contributed by atoms with E-state index in [4.69, 9.17) is 4.42 Å².